The summed E-state index contributed by atoms with van der Waals surface area (Å²) >= 11 is 0. The molecule has 176 valence electrons. The highest BCUT2D eigenvalue weighted by molar-refractivity contribution is 5.89. The molecule has 7 nitrogen and oxygen atoms in total. The number of hydrogen-bond acceptors (Lipinski definition) is 5. The van der Waals surface area contributed by atoms with Gasteiger partial charge in [0.15, 0.2) is 0 Å². The van der Waals surface area contributed by atoms with E-state index in [9.17, 15) is 14.4 Å². The van der Waals surface area contributed by atoms with Gasteiger partial charge in [-0.1, -0.05) is 48.5 Å². The van der Waals surface area contributed by atoms with Crippen LogP contribution in [0.4, 0.5) is 4.79 Å². The van der Waals surface area contributed by atoms with E-state index in [1.165, 1.54) is 11.9 Å². The van der Waals surface area contributed by atoms with Crippen LogP contribution in [0.15, 0.2) is 48.5 Å². The van der Waals surface area contributed by atoms with E-state index in [4.69, 9.17) is 9.47 Å². The smallest absolute Gasteiger partial charge is 0.407 e. The summed E-state index contributed by atoms with van der Waals surface area (Å²) in [7, 11) is 1.51. The first-order chi connectivity index (χ1) is 15.5. The molecular formula is C26H32N2O5. The first-order valence-corrected chi connectivity index (χ1v) is 11.1. The van der Waals surface area contributed by atoms with Crippen molar-refractivity contribution in [1.82, 2.24) is 10.2 Å². The fraction of sp³-hybridized carbons (Fsp3) is 0.423. The Labute approximate surface area is 195 Å². The Kier molecular flexibility index (Phi) is 7.10. The van der Waals surface area contributed by atoms with Gasteiger partial charge >= 0.3 is 12.1 Å². The van der Waals surface area contributed by atoms with E-state index in [1.54, 1.807) is 34.6 Å². The van der Waals surface area contributed by atoms with Crippen LogP contribution in [0.2, 0.25) is 0 Å². The van der Waals surface area contributed by atoms with Crippen LogP contribution in [-0.4, -0.2) is 54.2 Å². The third kappa shape index (κ3) is 5.53. The van der Waals surface area contributed by atoms with Crippen LogP contribution in [0.5, 0.6) is 0 Å². The molecule has 2 atom stereocenters. The van der Waals surface area contributed by atoms with Crippen LogP contribution >= 0.6 is 0 Å². The van der Waals surface area contributed by atoms with E-state index >= 15 is 0 Å². The van der Waals surface area contributed by atoms with Crippen LogP contribution in [-0.2, 0) is 19.1 Å². The number of fused-ring (bicyclic) bond motifs is 3. The molecule has 1 aliphatic rings. The average molecular weight is 453 g/mol. The molecule has 2 aromatic carbocycles. The number of carbonyl (C=O) groups excluding carboxylic acids is 3. The standard InChI is InChI=1S/C26H32N2O5/c1-16(23(29)28(6)17(2)24(30)33-26(3,4)5)27-25(31)32-15-22-20-13-9-7-11-18(20)19-12-8-10-14-21(19)22/h7-14,16-17,22H,15H2,1-6H3,(H,27,31)/t16-,17-/m0/s1. The van der Waals surface area contributed by atoms with Gasteiger partial charge in [0.25, 0.3) is 0 Å². The zero-order chi connectivity index (χ0) is 24.3. The van der Waals surface area contributed by atoms with Crippen molar-refractivity contribution >= 4 is 18.0 Å². The highest BCUT2D eigenvalue weighted by atomic mass is 16.6. The lowest BCUT2D eigenvalue weighted by atomic mass is 9.98. The normalized spacial score (nSPS) is 14.5. The maximum atomic E-state index is 12.7. The Balaban J connectivity index is 1.58. The van der Waals surface area contributed by atoms with Gasteiger partial charge in [0.2, 0.25) is 5.91 Å². The summed E-state index contributed by atoms with van der Waals surface area (Å²) in [5.41, 5.74) is 3.86. The SMILES string of the molecule is C[C@H](NC(=O)OCC1c2ccccc2-c2ccccc21)C(=O)N(C)[C@@H](C)C(=O)OC(C)(C)C. The van der Waals surface area contributed by atoms with Gasteiger partial charge in [0.1, 0.15) is 24.3 Å². The number of amides is 2. The van der Waals surface area contributed by atoms with Crippen LogP contribution < -0.4 is 5.32 Å². The summed E-state index contributed by atoms with van der Waals surface area (Å²) < 4.78 is 10.8. The largest absolute Gasteiger partial charge is 0.458 e. The maximum Gasteiger partial charge on any atom is 0.407 e. The van der Waals surface area contributed by atoms with Crippen molar-refractivity contribution in [3.05, 3.63) is 59.7 Å². The Morgan fingerprint density at radius 3 is 2.00 bits per heavy atom. The number of esters is 1. The fourth-order valence-corrected chi connectivity index (χ4v) is 3.92. The summed E-state index contributed by atoms with van der Waals surface area (Å²) in [5, 5.41) is 2.57. The second-order valence-corrected chi connectivity index (χ2v) is 9.35. The van der Waals surface area contributed by atoms with Crippen molar-refractivity contribution in [1.29, 1.82) is 0 Å². The molecule has 0 radical (unpaired) electrons. The van der Waals surface area contributed by atoms with Crippen LogP contribution in [0.25, 0.3) is 11.1 Å². The first kappa shape index (κ1) is 24.3. The number of nitrogens with zero attached hydrogens (tertiary/aromatic N) is 1. The summed E-state index contributed by atoms with van der Waals surface area (Å²) in [6, 6.07) is 14.5. The van der Waals surface area contributed by atoms with Crippen molar-refractivity contribution in [3.63, 3.8) is 0 Å². The lowest BCUT2D eigenvalue weighted by Gasteiger charge is -2.29. The number of benzene rings is 2. The Morgan fingerprint density at radius 1 is 0.970 bits per heavy atom. The molecule has 0 aliphatic heterocycles. The molecule has 0 fully saturated rings. The molecule has 2 amide bonds. The molecule has 7 heteroatoms. The van der Waals surface area contributed by atoms with Crippen LogP contribution in [0, 0.1) is 0 Å². The average Bonchev–Trinajstić information content (AvgIpc) is 3.08. The molecule has 0 spiro atoms. The second-order valence-electron chi connectivity index (χ2n) is 9.35. The van der Waals surface area contributed by atoms with E-state index in [2.05, 4.69) is 17.4 Å². The molecule has 33 heavy (non-hydrogen) atoms. The van der Waals surface area contributed by atoms with Crippen molar-refractivity contribution in [2.24, 2.45) is 0 Å². The maximum absolute atomic E-state index is 12.7. The van der Waals surface area contributed by atoms with Gasteiger partial charge in [0, 0.05) is 13.0 Å². The zero-order valence-electron chi connectivity index (χ0n) is 20.0. The zero-order valence-corrected chi connectivity index (χ0v) is 20.0. The minimum absolute atomic E-state index is 0.0657. The number of alkyl carbamates (subject to hydrolysis) is 1. The van der Waals surface area contributed by atoms with Crippen molar-refractivity contribution < 1.29 is 23.9 Å². The third-order valence-corrected chi connectivity index (χ3v) is 5.72. The summed E-state index contributed by atoms with van der Waals surface area (Å²) in [5.74, 6) is -0.988. The topological polar surface area (TPSA) is 84.9 Å². The summed E-state index contributed by atoms with van der Waals surface area (Å²) in [6.45, 7) is 8.60. The van der Waals surface area contributed by atoms with Crippen LogP contribution in [0.1, 0.15) is 51.7 Å². The molecule has 0 unspecified atom stereocenters. The summed E-state index contributed by atoms with van der Waals surface area (Å²) in [6.07, 6.45) is -0.684. The quantitative estimate of drug-likeness (QED) is 0.667. The molecule has 0 bridgehead atoms. The molecule has 1 N–H and O–H groups in total. The monoisotopic (exact) mass is 452 g/mol. The number of nitrogens with one attached hydrogen (secondary N) is 1. The van der Waals surface area contributed by atoms with Crippen LogP contribution in [0.3, 0.4) is 0 Å². The summed E-state index contributed by atoms with van der Waals surface area (Å²) in [4.78, 5) is 38.7. The molecule has 0 saturated heterocycles. The number of carbonyl (C=O) groups is 3. The van der Waals surface area contributed by atoms with Gasteiger partial charge in [-0.05, 0) is 56.9 Å². The highest BCUT2D eigenvalue weighted by Gasteiger charge is 2.32. The fourth-order valence-electron chi connectivity index (χ4n) is 3.92. The Hall–Kier alpha value is -3.35. The van der Waals surface area contributed by atoms with E-state index in [0.29, 0.717) is 0 Å². The highest BCUT2D eigenvalue weighted by Crippen LogP contribution is 2.44. The third-order valence-electron chi connectivity index (χ3n) is 5.72. The van der Waals surface area contributed by atoms with Crippen molar-refractivity contribution in [2.75, 3.05) is 13.7 Å². The van der Waals surface area contributed by atoms with Gasteiger partial charge in [0.05, 0.1) is 0 Å². The van der Waals surface area contributed by atoms with E-state index < -0.39 is 35.7 Å². The predicted octanol–water partition coefficient (Wildman–Crippen LogP) is 4.10. The van der Waals surface area contributed by atoms with E-state index in [-0.39, 0.29) is 12.5 Å². The number of rotatable bonds is 6. The Bertz CT molecular complexity index is 997. The molecule has 0 heterocycles. The van der Waals surface area contributed by atoms with Crippen molar-refractivity contribution in [3.8, 4) is 11.1 Å². The van der Waals surface area contributed by atoms with Gasteiger partial charge in [-0.2, -0.15) is 0 Å². The number of hydrogen-bond donors (Lipinski definition) is 1. The van der Waals surface area contributed by atoms with E-state index in [0.717, 1.165) is 22.3 Å². The minimum atomic E-state index is -0.865. The minimum Gasteiger partial charge on any atom is -0.458 e. The Morgan fingerprint density at radius 2 is 1.48 bits per heavy atom. The molecular weight excluding hydrogens is 420 g/mol. The molecule has 2 aromatic rings. The second kappa shape index (κ2) is 9.65. The number of likely N-dealkylation sites (N-methyl/N-ethyl adjacent to an activating group) is 1. The molecule has 0 saturated carbocycles. The van der Waals surface area contributed by atoms with E-state index in [1.807, 2.05) is 36.4 Å². The molecule has 0 aromatic heterocycles. The predicted molar refractivity (Wildman–Crippen MR) is 126 cm³/mol. The van der Waals surface area contributed by atoms with Gasteiger partial charge in [-0.25, -0.2) is 9.59 Å². The van der Waals surface area contributed by atoms with Gasteiger partial charge < -0.3 is 19.7 Å². The van der Waals surface area contributed by atoms with Gasteiger partial charge in [-0.15, -0.1) is 0 Å². The lowest BCUT2D eigenvalue weighted by Crippen LogP contribution is -2.51. The lowest BCUT2D eigenvalue weighted by molar-refractivity contribution is -0.163. The first-order valence-electron chi connectivity index (χ1n) is 11.1. The van der Waals surface area contributed by atoms with Gasteiger partial charge in [-0.3, -0.25) is 4.79 Å². The molecule has 3 rings (SSSR count). The molecule has 1 aliphatic carbocycles. The number of ether oxygens (including phenoxy) is 2. The van der Waals surface area contributed by atoms with Crippen molar-refractivity contribution in [2.45, 2.75) is 58.2 Å².